The summed E-state index contributed by atoms with van der Waals surface area (Å²) in [5.41, 5.74) is 1.05. The topological polar surface area (TPSA) is 252 Å². The predicted octanol–water partition coefficient (Wildman–Crippen LogP) is 2.75. The van der Waals surface area contributed by atoms with Crippen LogP contribution in [0.4, 0.5) is 0 Å². The molecule has 0 aromatic heterocycles. The third-order valence-electron chi connectivity index (χ3n) is 5.50. The van der Waals surface area contributed by atoms with Crippen molar-refractivity contribution in [3.63, 3.8) is 0 Å². The van der Waals surface area contributed by atoms with E-state index in [1.54, 1.807) is 0 Å². The van der Waals surface area contributed by atoms with Crippen LogP contribution >= 0.6 is 46.4 Å². The molecule has 0 aliphatic heterocycles. The van der Waals surface area contributed by atoms with Crippen LogP contribution < -0.4 is 29.6 Å². The molecule has 0 heterocycles. The van der Waals surface area contributed by atoms with E-state index in [1.165, 1.54) is 48.5 Å². The van der Waals surface area contributed by atoms with Gasteiger partial charge in [-0.15, -0.1) is 0 Å². The minimum absolute atomic E-state index is 0. The molecule has 4 rings (SSSR count). The molecule has 0 atom stereocenters. The first kappa shape index (κ1) is 44.5. The molecular weight excluding hydrogens is 837 g/mol. The van der Waals surface area contributed by atoms with Crippen molar-refractivity contribution >= 4 is 98.4 Å². The number of hydrogen-bond donors (Lipinski definition) is 4. The Bertz CT molecular complexity index is 2020. The van der Waals surface area contributed by atoms with E-state index in [9.17, 15) is 33.7 Å². The molecule has 256 valence electrons. The van der Waals surface area contributed by atoms with Gasteiger partial charge in [0.15, 0.2) is 0 Å². The number of halogens is 4. The average Bonchev–Trinajstić information content (AvgIpc) is 2.92. The molecule has 4 aromatic carbocycles. The Morgan fingerprint density at radius 2 is 0.562 bits per heavy atom. The van der Waals surface area contributed by atoms with Crippen molar-refractivity contribution in [3.05, 3.63) is 92.9 Å². The first-order valence-electron chi connectivity index (χ1n) is 11.4. The van der Waals surface area contributed by atoms with Gasteiger partial charge in [0.25, 0.3) is 40.5 Å². The van der Waals surface area contributed by atoms with Gasteiger partial charge in [0.2, 0.25) is 0 Å². The second-order valence-corrected chi connectivity index (χ2v) is 15.9. The van der Waals surface area contributed by atoms with Gasteiger partial charge in [-0.05, 0) is 70.8 Å². The second-order valence-electron chi connectivity index (χ2n) is 8.55. The molecule has 0 amide bonds. The fraction of sp³-hybridized carbons (Fsp3) is 0. The quantitative estimate of drug-likeness (QED) is 0.161. The van der Waals surface area contributed by atoms with E-state index in [-0.39, 0.29) is 73.3 Å². The van der Waals surface area contributed by atoms with Crippen LogP contribution in [0, 0.1) is 0 Å². The van der Waals surface area contributed by atoms with Gasteiger partial charge in [0.05, 0.1) is 20.1 Å². The molecule has 14 nitrogen and oxygen atoms in total. The van der Waals surface area contributed by atoms with Gasteiger partial charge in [-0.25, -0.2) is 0 Å². The smallest absolute Gasteiger partial charge is 1.00 e. The summed E-state index contributed by atoms with van der Waals surface area (Å²) < 4.78 is 143. The zero-order chi connectivity index (χ0) is 36.1. The van der Waals surface area contributed by atoms with Gasteiger partial charge >= 0.3 is 41.1 Å². The van der Waals surface area contributed by atoms with Gasteiger partial charge in [-0.2, -0.15) is 42.1 Å². The van der Waals surface area contributed by atoms with Crippen molar-refractivity contribution in [3.8, 4) is 22.3 Å². The van der Waals surface area contributed by atoms with Crippen molar-refractivity contribution in [2.45, 2.75) is 19.6 Å². The Labute approximate surface area is 321 Å². The molecule has 0 saturated carbocycles. The van der Waals surface area contributed by atoms with E-state index < -0.39 is 71.6 Å². The minimum atomic E-state index is -4.54. The van der Waals surface area contributed by atoms with E-state index in [0.29, 0.717) is 0 Å². The van der Waals surface area contributed by atoms with Crippen LogP contribution in [0.1, 0.15) is 1.43 Å². The van der Waals surface area contributed by atoms with E-state index in [2.05, 4.69) is 0 Å². The summed E-state index contributed by atoms with van der Waals surface area (Å²) in [5, 5.41) is -0.740. The molecule has 0 bridgehead atoms. The van der Waals surface area contributed by atoms with Crippen LogP contribution in [-0.2, 0) is 52.0 Å². The van der Waals surface area contributed by atoms with Gasteiger partial charge < -0.3 is 1.43 Å². The van der Waals surface area contributed by atoms with Crippen molar-refractivity contribution in [1.29, 1.82) is 0 Å². The van der Waals surface area contributed by atoms with Crippen LogP contribution in [-0.4, -0.2) is 60.3 Å². The fourth-order valence-electron chi connectivity index (χ4n) is 3.52. The first-order chi connectivity index (χ1) is 21.4. The molecule has 0 fully saturated rings. The molecule has 0 radical (unpaired) electrons. The minimum Gasteiger partial charge on any atom is -1.00 e. The average molecular weight is 855 g/mol. The number of hydrogen-bond acceptors (Lipinski definition) is 10. The van der Waals surface area contributed by atoms with Crippen molar-refractivity contribution < 1.29 is 91.3 Å². The van der Waals surface area contributed by atoms with Crippen LogP contribution in [0.15, 0.2) is 92.4 Å². The summed E-state index contributed by atoms with van der Waals surface area (Å²) in [6, 6.07) is 15.0. The molecule has 0 saturated heterocycles. The predicted molar refractivity (Wildman–Crippen MR) is 173 cm³/mol. The Morgan fingerprint density at radius 1 is 0.417 bits per heavy atom. The molecule has 0 unspecified atom stereocenters. The van der Waals surface area contributed by atoms with Gasteiger partial charge in [0, 0.05) is 0 Å². The summed E-state index contributed by atoms with van der Waals surface area (Å²) in [6.07, 6.45) is 0. The Hall–Kier alpha value is -1.50. The normalized spacial score (nSPS) is 11.6. The second kappa shape index (κ2) is 17.6. The van der Waals surface area contributed by atoms with E-state index in [0.717, 1.165) is 24.3 Å². The SMILES string of the molecule is O=S(=O)(O)c1cc(-c2ccc(Cl)c(S(=O)(=O)O)c2)ccc1Cl.O=S(=O)(O)c1cc(-c2ccc(Cl)c(S(=O)(=O)O)c2)ccc1Cl.O=S=O.[H-].[Na+]. The summed E-state index contributed by atoms with van der Waals surface area (Å²) >= 11 is 22.1. The Kier molecular flexibility index (Phi) is 16.3. The zero-order valence-electron chi connectivity index (χ0n) is 24.4. The molecule has 24 heteroatoms. The Morgan fingerprint density at radius 3 is 0.688 bits per heavy atom. The maximum absolute atomic E-state index is 11.2. The summed E-state index contributed by atoms with van der Waals surface area (Å²) in [7, 11) is -18.1. The van der Waals surface area contributed by atoms with Gasteiger partial charge in [0.1, 0.15) is 19.6 Å². The molecule has 0 spiro atoms. The summed E-state index contributed by atoms with van der Waals surface area (Å²) in [6.45, 7) is 0. The fourth-order valence-corrected chi connectivity index (χ4v) is 7.52. The van der Waals surface area contributed by atoms with Crippen molar-refractivity contribution in [1.82, 2.24) is 0 Å². The molecule has 48 heavy (non-hydrogen) atoms. The molecule has 4 N–H and O–H groups in total. The number of benzene rings is 4. The monoisotopic (exact) mass is 852 g/mol. The van der Waals surface area contributed by atoms with Crippen LogP contribution in [0.25, 0.3) is 22.3 Å². The molecule has 0 aliphatic rings. The molecule has 0 aliphatic carbocycles. The van der Waals surface area contributed by atoms with Crippen LogP contribution in [0.3, 0.4) is 0 Å². The third kappa shape index (κ3) is 12.4. The van der Waals surface area contributed by atoms with Crippen LogP contribution in [0.5, 0.6) is 0 Å². The number of rotatable bonds is 6. The van der Waals surface area contributed by atoms with Crippen LogP contribution in [0.2, 0.25) is 20.1 Å². The first-order valence-corrected chi connectivity index (χ1v) is 19.4. The van der Waals surface area contributed by atoms with E-state index >= 15 is 0 Å². The standard InChI is InChI=1S/2C12H8Cl2O6S2.Na.O2S.H/c2*13-9-3-1-7(5-11(9)21(15,16)17)8-2-4-10(14)12(6-8)22(18,19)20;;1-3-2;/h2*1-6H,(H,15,16,17)(H,18,19,20);;;/q;;+1;;-1. The van der Waals surface area contributed by atoms with Gasteiger partial charge in [-0.3, -0.25) is 18.2 Å². The van der Waals surface area contributed by atoms with Gasteiger partial charge in [-0.1, -0.05) is 70.7 Å². The van der Waals surface area contributed by atoms with Crippen molar-refractivity contribution in [2.75, 3.05) is 0 Å². The Balaban J connectivity index is 0.000000839. The molecular formula is C24H17Cl4NaO14S5. The summed E-state index contributed by atoms with van der Waals surface area (Å²) in [4.78, 5) is -2.07. The maximum Gasteiger partial charge on any atom is 1.00 e. The van der Waals surface area contributed by atoms with E-state index in [4.69, 9.17) is 73.0 Å². The third-order valence-corrected chi connectivity index (χ3v) is 10.8. The van der Waals surface area contributed by atoms with E-state index in [1.807, 2.05) is 0 Å². The maximum atomic E-state index is 11.2. The largest absolute Gasteiger partial charge is 1.00 e. The summed E-state index contributed by atoms with van der Waals surface area (Å²) in [5.74, 6) is 0. The zero-order valence-corrected chi connectivity index (χ0v) is 32.5. The van der Waals surface area contributed by atoms with Crippen molar-refractivity contribution in [2.24, 2.45) is 0 Å². The molecule has 4 aromatic rings.